The fourth-order valence-corrected chi connectivity index (χ4v) is 3.43. The minimum atomic E-state index is 0.116. The van der Waals surface area contributed by atoms with Gasteiger partial charge < -0.3 is 4.57 Å². The van der Waals surface area contributed by atoms with E-state index in [1.54, 1.807) is 11.3 Å². The molecule has 0 saturated carbocycles. The first-order valence-electron chi connectivity index (χ1n) is 6.11. The number of hydrogen-bond donors (Lipinski definition) is 1. The number of fused-ring (bicyclic) bond motifs is 1. The van der Waals surface area contributed by atoms with Gasteiger partial charge in [-0.25, -0.2) is 0 Å². The van der Waals surface area contributed by atoms with Crippen LogP contribution in [0.5, 0.6) is 0 Å². The Balaban J connectivity index is 2.37. The van der Waals surface area contributed by atoms with E-state index in [1.807, 2.05) is 28.3 Å². The molecule has 0 aliphatic rings. The van der Waals surface area contributed by atoms with Crippen molar-refractivity contribution in [2.24, 2.45) is 11.3 Å². The summed E-state index contributed by atoms with van der Waals surface area (Å²) < 4.78 is 2.88. The van der Waals surface area contributed by atoms with Crippen LogP contribution in [0.1, 0.15) is 20.8 Å². The minimum Gasteiger partial charge on any atom is -0.315 e. The van der Waals surface area contributed by atoms with E-state index in [2.05, 4.69) is 33.4 Å². The molecule has 0 aromatic carbocycles. The van der Waals surface area contributed by atoms with Crippen molar-refractivity contribution in [1.82, 2.24) is 4.57 Å². The molecule has 0 aliphatic heterocycles. The maximum atomic E-state index is 12.3. The van der Waals surface area contributed by atoms with E-state index < -0.39 is 0 Å². The Morgan fingerprint density at radius 1 is 1.39 bits per heavy atom. The van der Waals surface area contributed by atoms with Crippen molar-refractivity contribution in [3.8, 4) is 0 Å². The average Bonchev–Trinajstić information content (AvgIpc) is 2.75. The fourth-order valence-electron chi connectivity index (χ4n) is 1.99. The highest BCUT2D eigenvalue weighted by atomic mass is 32.1. The zero-order valence-electron chi connectivity index (χ0n) is 11.0. The summed E-state index contributed by atoms with van der Waals surface area (Å²) >= 11 is 6.03. The molecule has 0 saturated heterocycles. The van der Waals surface area contributed by atoms with Crippen molar-refractivity contribution in [3.05, 3.63) is 34.1 Å². The lowest BCUT2D eigenvalue weighted by Gasteiger charge is -2.29. The van der Waals surface area contributed by atoms with E-state index in [9.17, 15) is 4.79 Å². The van der Waals surface area contributed by atoms with Gasteiger partial charge in [-0.2, -0.15) is 12.6 Å². The van der Waals surface area contributed by atoms with Gasteiger partial charge in [-0.1, -0.05) is 20.8 Å². The van der Waals surface area contributed by atoms with Crippen LogP contribution in [0.3, 0.4) is 0 Å². The molecule has 0 N–H and O–H groups in total. The predicted octanol–water partition coefficient (Wildman–Crippen LogP) is 3.66. The van der Waals surface area contributed by atoms with E-state index in [1.165, 1.54) is 0 Å². The molecule has 4 heteroatoms. The molecule has 18 heavy (non-hydrogen) atoms. The molecule has 2 aromatic rings. The van der Waals surface area contributed by atoms with Gasteiger partial charge in [-0.05, 0) is 34.6 Å². The second-order valence-electron chi connectivity index (χ2n) is 5.72. The number of nitrogens with zero attached hydrogens (tertiary/aromatic N) is 1. The first-order chi connectivity index (χ1) is 8.43. The molecule has 2 heterocycles. The largest absolute Gasteiger partial charge is 0.315 e. The van der Waals surface area contributed by atoms with Crippen LogP contribution in [0.25, 0.3) is 10.1 Å². The van der Waals surface area contributed by atoms with Crippen molar-refractivity contribution in [2.45, 2.75) is 27.3 Å². The van der Waals surface area contributed by atoms with Crippen LogP contribution >= 0.6 is 24.0 Å². The Labute approximate surface area is 117 Å². The van der Waals surface area contributed by atoms with Crippen LogP contribution in [-0.4, -0.2) is 10.3 Å². The smallest absolute Gasteiger partial charge is 0.259 e. The standard InChI is InChI=1S/C14H19NOS2/c1-14(2,3)10(9-17)8-15-6-4-12-11(13(15)16)5-7-18-12/h4-7,10,17H,8-9H2,1-3H3. The van der Waals surface area contributed by atoms with Crippen LogP contribution in [0.15, 0.2) is 28.5 Å². The highest BCUT2D eigenvalue weighted by molar-refractivity contribution is 7.80. The summed E-state index contributed by atoms with van der Waals surface area (Å²) in [6.07, 6.45) is 1.91. The maximum Gasteiger partial charge on any atom is 0.259 e. The average molecular weight is 281 g/mol. The number of thiol groups is 1. The molecule has 0 bridgehead atoms. The summed E-state index contributed by atoms with van der Waals surface area (Å²) in [7, 11) is 0. The fraction of sp³-hybridized carbons (Fsp3) is 0.500. The normalized spacial score (nSPS) is 14.0. The highest BCUT2D eigenvalue weighted by Gasteiger charge is 2.24. The summed E-state index contributed by atoms with van der Waals surface area (Å²) in [6, 6.07) is 3.94. The zero-order chi connectivity index (χ0) is 13.3. The Hall–Kier alpha value is -0.740. The Kier molecular flexibility index (Phi) is 3.87. The molecule has 0 aliphatic carbocycles. The summed E-state index contributed by atoms with van der Waals surface area (Å²) in [4.78, 5) is 12.3. The molecule has 0 radical (unpaired) electrons. The molecule has 98 valence electrons. The highest BCUT2D eigenvalue weighted by Crippen LogP contribution is 2.28. The SMILES string of the molecule is CC(C)(C)C(CS)Cn1ccc2sccc2c1=O. The van der Waals surface area contributed by atoms with Gasteiger partial charge in [0.1, 0.15) is 0 Å². The van der Waals surface area contributed by atoms with Crippen LogP contribution < -0.4 is 5.56 Å². The zero-order valence-corrected chi connectivity index (χ0v) is 12.7. The lowest BCUT2D eigenvalue weighted by molar-refractivity contribution is 0.236. The first-order valence-corrected chi connectivity index (χ1v) is 7.62. The van der Waals surface area contributed by atoms with Gasteiger partial charge in [-0.3, -0.25) is 4.79 Å². The second-order valence-corrected chi connectivity index (χ2v) is 7.03. The van der Waals surface area contributed by atoms with Crippen molar-refractivity contribution in [3.63, 3.8) is 0 Å². The molecule has 0 fully saturated rings. The third kappa shape index (κ3) is 2.64. The van der Waals surface area contributed by atoms with E-state index in [4.69, 9.17) is 0 Å². The lowest BCUT2D eigenvalue weighted by Crippen LogP contribution is -2.31. The first kappa shape index (κ1) is 13.7. The van der Waals surface area contributed by atoms with E-state index in [0.717, 1.165) is 22.4 Å². The van der Waals surface area contributed by atoms with Gasteiger partial charge in [0.2, 0.25) is 0 Å². The monoisotopic (exact) mass is 281 g/mol. The topological polar surface area (TPSA) is 22.0 Å². The van der Waals surface area contributed by atoms with E-state index in [0.29, 0.717) is 5.92 Å². The van der Waals surface area contributed by atoms with Crippen LogP contribution in [0, 0.1) is 11.3 Å². The van der Waals surface area contributed by atoms with Crippen LogP contribution in [0.4, 0.5) is 0 Å². The third-order valence-corrected chi connectivity index (χ3v) is 4.78. The summed E-state index contributed by atoms with van der Waals surface area (Å²) in [5.41, 5.74) is 0.273. The number of hydrogen-bond acceptors (Lipinski definition) is 3. The Morgan fingerprint density at radius 2 is 2.11 bits per heavy atom. The van der Waals surface area contributed by atoms with Crippen molar-refractivity contribution >= 4 is 34.1 Å². The summed E-state index contributed by atoms with van der Waals surface area (Å²) in [5.74, 6) is 1.17. The molecule has 0 amide bonds. The Morgan fingerprint density at radius 3 is 2.72 bits per heavy atom. The number of rotatable bonds is 3. The number of aromatic nitrogens is 1. The second kappa shape index (κ2) is 5.10. The van der Waals surface area contributed by atoms with Crippen molar-refractivity contribution in [2.75, 3.05) is 5.75 Å². The summed E-state index contributed by atoms with van der Waals surface area (Å²) in [5, 5.41) is 2.80. The maximum absolute atomic E-state index is 12.3. The van der Waals surface area contributed by atoms with E-state index in [-0.39, 0.29) is 11.0 Å². The number of pyridine rings is 1. The molecular formula is C14H19NOS2. The number of thiophene rings is 1. The van der Waals surface area contributed by atoms with Gasteiger partial charge in [0.05, 0.1) is 5.39 Å². The molecule has 1 unspecified atom stereocenters. The molecular weight excluding hydrogens is 262 g/mol. The quantitative estimate of drug-likeness (QED) is 0.852. The molecule has 0 spiro atoms. The van der Waals surface area contributed by atoms with Gasteiger partial charge >= 0.3 is 0 Å². The van der Waals surface area contributed by atoms with Crippen molar-refractivity contribution < 1.29 is 0 Å². The third-order valence-electron chi connectivity index (χ3n) is 3.45. The molecule has 2 rings (SSSR count). The van der Waals surface area contributed by atoms with Crippen molar-refractivity contribution in [1.29, 1.82) is 0 Å². The summed E-state index contributed by atoms with van der Waals surface area (Å²) in [6.45, 7) is 7.32. The molecule has 1 atom stereocenters. The van der Waals surface area contributed by atoms with Crippen LogP contribution in [0.2, 0.25) is 0 Å². The minimum absolute atomic E-state index is 0.116. The lowest BCUT2D eigenvalue weighted by atomic mass is 9.82. The van der Waals surface area contributed by atoms with E-state index >= 15 is 0 Å². The van der Waals surface area contributed by atoms with Gasteiger partial charge in [0, 0.05) is 17.4 Å². The van der Waals surface area contributed by atoms with Gasteiger partial charge in [-0.15, -0.1) is 11.3 Å². The predicted molar refractivity (Wildman–Crippen MR) is 82.9 cm³/mol. The van der Waals surface area contributed by atoms with Gasteiger partial charge in [0.25, 0.3) is 5.56 Å². The van der Waals surface area contributed by atoms with Gasteiger partial charge in [0.15, 0.2) is 0 Å². The molecule has 2 aromatic heterocycles. The van der Waals surface area contributed by atoms with Crippen LogP contribution in [-0.2, 0) is 6.54 Å². The molecule has 2 nitrogen and oxygen atoms in total. The Bertz CT molecular complexity index is 592.